The monoisotopic (exact) mass is 194 g/mol. The minimum Gasteiger partial charge on any atom is -0.312 e. The molecule has 0 fully saturated rings. The molecule has 1 atom stereocenters. The molecule has 1 N–H and O–H groups in total. The van der Waals surface area contributed by atoms with Gasteiger partial charge in [-0.1, -0.05) is 20.8 Å². The van der Waals surface area contributed by atoms with Crippen LogP contribution in [0.5, 0.6) is 0 Å². The molecule has 0 aromatic carbocycles. The molecule has 0 amide bonds. The quantitative estimate of drug-likeness (QED) is 0.675. The Morgan fingerprint density at radius 1 is 1.36 bits per heavy atom. The van der Waals surface area contributed by atoms with E-state index in [4.69, 9.17) is 0 Å². The molecule has 1 aromatic rings. The van der Waals surface area contributed by atoms with Crippen LogP contribution in [0.2, 0.25) is 0 Å². The highest BCUT2D eigenvalue weighted by atomic mass is 15.3. The van der Waals surface area contributed by atoms with Gasteiger partial charge in [-0.3, -0.25) is 0 Å². The Hall–Kier alpha value is -0.900. The first kappa shape index (κ1) is 9.65. The third kappa shape index (κ3) is 1.43. The van der Waals surface area contributed by atoms with E-state index in [1.165, 1.54) is 0 Å². The predicted molar refractivity (Wildman–Crippen MR) is 55.1 cm³/mol. The van der Waals surface area contributed by atoms with E-state index >= 15 is 0 Å². The smallest absolute Gasteiger partial charge is 0.149 e. The molecule has 0 radical (unpaired) electrons. The number of hydrogen-bond acceptors (Lipinski definition) is 3. The van der Waals surface area contributed by atoms with Gasteiger partial charge < -0.3 is 9.88 Å². The average molecular weight is 194 g/mol. The Morgan fingerprint density at radius 2 is 2.07 bits per heavy atom. The first-order valence-electron chi connectivity index (χ1n) is 5.17. The van der Waals surface area contributed by atoms with E-state index in [0.29, 0.717) is 6.04 Å². The van der Waals surface area contributed by atoms with Gasteiger partial charge in [-0.25, -0.2) is 0 Å². The number of nitrogens with one attached hydrogen (secondary N) is 1. The zero-order valence-electron chi connectivity index (χ0n) is 9.33. The maximum absolute atomic E-state index is 4.29. The molecule has 1 aromatic heterocycles. The van der Waals surface area contributed by atoms with Gasteiger partial charge in [0, 0.05) is 18.5 Å². The third-order valence-electron chi connectivity index (χ3n) is 2.62. The van der Waals surface area contributed by atoms with Crippen LogP contribution in [0, 0.1) is 0 Å². The Labute approximate surface area is 84.7 Å². The summed E-state index contributed by atoms with van der Waals surface area (Å²) in [6, 6.07) is 0.326. The maximum Gasteiger partial charge on any atom is 0.149 e. The highest BCUT2D eigenvalue weighted by Crippen LogP contribution is 2.24. The van der Waals surface area contributed by atoms with Gasteiger partial charge in [-0.15, -0.1) is 10.2 Å². The third-order valence-corrected chi connectivity index (χ3v) is 2.62. The van der Waals surface area contributed by atoms with Crippen LogP contribution in [0.15, 0.2) is 0 Å². The van der Waals surface area contributed by atoms with Crippen molar-refractivity contribution >= 4 is 0 Å². The lowest BCUT2D eigenvalue weighted by Gasteiger charge is -2.25. The Balaban J connectivity index is 2.46. The lowest BCUT2D eigenvalue weighted by atomic mass is 9.95. The van der Waals surface area contributed by atoms with Crippen molar-refractivity contribution in [2.24, 2.45) is 0 Å². The normalized spacial score (nSPS) is 22.1. The van der Waals surface area contributed by atoms with E-state index in [2.05, 4.69) is 47.8 Å². The summed E-state index contributed by atoms with van der Waals surface area (Å²) in [4.78, 5) is 0. The van der Waals surface area contributed by atoms with Gasteiger partial charge in [0.15, 0.2) is 0 Å². The van der Waals surface area contributed by atoms with Crippen molar-refractivity contribution in [1.82, 2.24) is 20.1 Å². The summed E-state index contributed by atoms with van der Waals surface area (Å²) in [5.41, 5.74) is 0.0856. The topological polar surface area (TPSA) is 42.7 Å². The predicted octanol–water partition coefficient (Wildman–Crippen LogP) is 1.24. The van der Waals surface area contributed by atoms with Crippen LogP contribution < -0.4 is 5.32 Å². The van der Waals surface area contributed by atoms with Crippen molar-refractivity contribution in [3.05, 3.63) is 11.6 Å². The van der Waals surface area contributed by atoms with Crippen LogP contribution in [-0.2, 0) is 12.0 Å². The Morgan fingerprint density at radius 3 is 2.71 bits per heavy atom. The van der Waals surface area contributed by atoms with E-state index in [-0.39, 0.29) is 5.41 Å². The summed E-state index contributed by atoms with van der Waals surface area (Å²) in [5, 5.41) is 11.9. The van der Waals surface area contributed by atoms with E-state index in [1.807, 2.05) is 0 Å². The largest absolute Gasteiger partial charge is 0.312 e. The molecule has 4 nitrogen and oxygen atoms in total. The minimum atomic E-state index is 0.0856. The molecule has 0 saturated carbocycles. The maximum atomic E-state index is 4.29. The van der Waals surface area contributed by atoms with Gasteiger partial charge in [0.25, 0.3) is 0 Å². The summed E-state index contributed by atoms with van der Waals surface area (Å²) in [5.74, 6) is 2.17. The second-order valence-electron chi connectivity index (χ2n) is 4.96. The molecule has 0 saturated heterocycles. The Bertz CT molecular complexity index is 334. The molecule has 0 spiro atoms. The van der Waals surface area contributed by atoms with Crippen molar-refractivity contribution in [1.29, 1.82) is 0 Å². The fourth-order valence-corrected chi connectivity index (χ4v) is 1.89. The van der Waals surface area contributed by atoms with Gasteiger partial charge in [0.05, 0.1) is 6.04 Å². The SMILES string of the molecule is CC1NCCn2c1nnc2C(C)(C)C. The van der Waals surface area contributed by atoms with Crippen LogP contribution in [0.3, 0.4) is 0 Å². The molecule has 1 unspecified atom stereocenters. The summed E-state index contributed by atoms with van der Waals surface area (Å²) >= 11 is 0. The first-order chi connectivity index (χ1) is 6.50. The number of hydrogen-bond donors (Lipinski definition) is 1. The second kappa shape index (κ2) is 3.05. The van der Waals surface area contributed by atoms with Gasteiger partial charge >= 0.3 is 0 Å². The molecule has 14 heavy (non-hydrogen) atoms. The highest BCUT2D eigenvalue weighted by Gasteiger charge is 2.27. The van der Waals surface area contributed by atoms with Crippen molar-refractivity contribution in [3.63, 3.8) is 0 Å². The second-order valence-corrected chi connectivity index (χ2v) is 4.96. The molecular weight excluding hydrogens is 176 g/mol. The average Bonchev–Trinajstić information content (AvgIpc) is 2.47. The summed E-state index contributed by atoms with van der Waals surface area (Å²) in [6.07, 6.45) is 0. The molecule has 0 bridgehead atoms. The highest BCUT2D eigenvalue weighted by molar-refractivity contribution is 5.10. The van der Waals surface area contributed by atoms with E-state index < -0.39 is 0 Å². The van der Waals surface area contributed by atoms with Crippen molar-refractivity contribution in [3.8, 4) is 0 Å². The molecule has 2 rings (SSSR count). The fourth-order valence-electron chi connectivity index (χ4n) is 1.89. The molecule has 78 valence electrons. The van der Waals surface area contributed by atoms with Crippen LogP contribution in [0.1, 0.15) is 45.4 Å². The van der Waals surface area contributed by atoms with Gasteiger partial charge in [0.2, 0.25) is 0 Å². The number of rotatable bonds is 0. The standard InChI is InChI=1S/C10H18N4/c1-7-8-12-13-9(10(2,3)4)14(8)6-5-11-7/h7,11H,5-6H2,1-4H3. The van der Waals surface area contributed by atoms with Crippen molar-refractivity contribution in [2.75, 3.05) is 6.54 Å². The first-order valence-corrected chi connectivity index (χ1v) is 5.17. The molecule has 1 aliphatic rings. The van der Waals surface area contributed by atoms with E-state index in [0.717, 1.165) is 24.7 Å². The van der Waals surface area contributed by atoms with Crippen LogP contribution in [-0.4, -0.2) is 21.3 Å². The van der Waals surface area contributed by atoms with E-state index in [1.54, 1.807) is 0 Å². The zero-order valence-corrected chi connectivity index (χ0v) is 9.33. The van der Waals surface area contributed by atoms with Crippen LogP contribution in [0.4, 0.5) is 0 Å². The minimum absolute atomic E-state index is 0.0856. The lowest BCUT2D eigenvalue weighted by molar-refractivity contribution is 0.407. The molecule has 2 heterocycles. The molecule has 4 heteroatoms. The van der Waals surface area contributed by atoms with Gasteiger partial charge in [0.1, 0.15) is 11.6 Å². The summed E-state index contributed by atoms with van der Waals surface area (Å²) < 4.78 is 2.25. The van der Waals surface area contributed by atoms with Gasteiger partial charge in [-0.05, 0) is 6.92 Å². The lowest BCUT2D eigenvalue weighted by Crippen LogP contribution is -2.34. The number of nitrogens with zero attached hydrogens (tertiary/aromatic N) is 3. The molecule has 1 aliphatic heterocycles. The molecular formula is C10H18N4. The summed E-state index contributed by atoms with van der Waals surface area (Å²) in [7, 11) is 0. The Kier molecular flexibility index (Phi) is 2.10. The fraction of sp³-hybridized carbons (Fsp3) is 0.800. The van der Waals surface area contributed by atoms with Gasteiger partial charge in [-0.2, -0.15) is 0 Å². The zero-order chi connectivity index (χ0) is 10.3. The van der Waals surface area contributed by atoms with E-state index in [9.17, 15) is 0 Å². The number of aromatic nitrogens is 3. The van der Waals surface area contributed by atoms with Crippen LogP contribution in [0.25, 0.3) is 0 Å². The molecule has 0 aliphatic carbocycles. The van der Waals surface area contributed by atoms with Crippen molar-refractivity contribution in [2.45, 2.75) is 45.7 Å². The van der Waals surface area contributed by atoms with Crippen LogP contribution >= 0.6 is 0 Å². The van der Waals surface area contributed by atoms with Crippen molar-refractivity contribution < 1.29 is 0 Å². The number of fused-ring (bicyclic) bond motifs is 1. The summed E-state index contributed by atoms with van der Waals surface area (Å²) in [6.45, 7) is 10.7.